The molecule has 122 valence electrons. The van der Waals surface area contributed by atoms with Crippen molar-refractivity contribution in [2.24, 2.45) is 14.1 Å². The zero-order chi connectivity index (χ0) is 16.8. The minimum atomic E-state index is -3.59. The van der Waals surface area contributed by atoms with Crippen LogP contribution in [0.15, 0.2) is 4.90 Å². The zero-order valence-electron chi connectivity index (χ0n) is 14.2. The van der Waals surface area contributed by atoms with Gasteiger partial charge in [-0.15, -0.1) is 0 Å². The van der Waals surface area contributed by atoms with Gasteiger partial charge in [0.1, 0.15) is 4.90 Å². The molecule has 0 aliphatic carbocycles. The summed E-state index contributed by atoms with van der Waals surface area (Å²) < 4.78 is 30.5. The average molecular weight is 325 g/mol. The minimum absolute atomic E-state index is 0.289. The second-order valence-corrected chi connectivity index (χ2v) is 7.64. The maximum atomic E-state index is 12.9. The van der Waals surface area contributed by atoms with Gasteiger partial charge in [0.2, 0.25) is 10.0 Å². The van der Waals surface area contributed by atoms with Gasteiger partial charge >= 0.3 is 0 Å². The highest BCUT2D eigenvalue weighted by molar-refractivity contribution is 7.89. The Morgan fingerprint density at radius 1 is 0.955 bits per heavy atom. The van der Waals surface area contributed by atoms with E-state index in [-0.39, 0.29) is 4.90 Å². The number of aromatic nitrogens is 4. The van der Waals surface area contributed by atoms with Gasteiger partial charge in [-0.1, -0.05) is 0 Å². The summed E-state index contributed by atoms with van der Waals surface area (Å²) in [6, 6.07) is 0. The van der Waals surface area contributed by atoms with Crippen LogP contribution in [-0.4, -0.2) is 39.3 Å². The monoisotopic (exact) mass is 325 g/mol. The Kier molecular flexibility index (Phi) is 4.18. The van der Waals surface area contributed by atoms with Crippen LogP contribution in [0.25, 0.3) is 0 Å². The fourth-order valence-electron chi connectivity index (χ4n) is 2.64. The molecule has 22 heavy (non-hydrogen) atoms. The maximum absolute atomic E-state index is 12.9. The highest BCUT2D eigenvalue weighted by atomic mass is 32.2. The molecule has 2 rings (SSSR count). The summed E-state index contributed by atoms with van der Waals surface area (Å²) in [5, 5.41) is 8.54. The lowest BCUT2D eigenvalue weighted by Gasteiger charge is -2.17. The molecule has 2 aromatic rings. The molecule has 0 aliphatic rings. The molecular weight excluding hydrogens is 302 g/mol. The Morgan fingerprint density at radius 2 is 1.45 bits per heavy atom. The molecule has 2 aromatic heterocycles. The van der Waals surface area contributed by atoms with Gasteiger partial charge in [-0.2, -0.15) is 14.5 Å². The third-order valence-electron chi connectivity index (χ3n) is 4.15. The van der Waals surface area contributed by atoms with E-state index in [9.17, 15) is 8.42 Å². The normalized spacial score (nSPS) is 12.4. The van der Waals surface area contributed by atoms with E-state index in [0.717, 1.165) is 17.0 Å². The Labute approximate surface area is 131 Å². The molecule has 0 aromatic carbocycles. The summed E-state index contributed by atoms with van der Waals surface area (Å²) in [6.07, 6.45) is 0. The van der Waals surface area contributed by atoms with E-state index in [1.165, 1.54) is 4.31 Å². The topological polar surface area (TPSA) is 73.0 Å². The molecule has 0 fully saturated rings. The van der Waals surface area contributed by atoms with Crippen LogP contribution in [0.3, 0.4) is 0 Å². The first kappa shape index (κ1) is 16.7. The van der Waals surface area contributed by atoms with Crippen LogP contribution >= 0.6 is 0 Å². The first-order valence-corrected chi connectivity index (χ1v) is 8.47. The number of rotatable bonds is 4. The van der Waals surface area contributed by atoms with Crippen molar-refractivity contribution in [3.8, 4) is 0 Å². The van der Waals surface area contributed by atoms with Crippen molar-refractivity contribution in [2.45, 2.75) is 39.1 Å². The molecule has 7 nitrogen and oxygen atoms in total. The van der Waals surface area contributed by atoms with Crippen LogP contribution in [0.5, 0.6) is 0 Å². The van der Waals surface area contributed by atoms with E-state index in [1.807, 2.05) is 20.9 Å². The third-order valence-corrected chi connectivity index (χ3v) is 6.21. The summed E-state index contributed by atoms with van der Waals surface area (Å²) in [5.74, 6) is 0. The highest BCUT2D eigenvalue weighted by Gasteiger charge is 2.29. The van der Waals surface area contributed by atoms with Crippen LogP contribution < -0.4 is 0 Å². The van der Waals surface area contributed by atoms with E-state index < -0.39 is 10.0 Å². The molecule has 0 aliphatic heterocycles. The van der Waals surface area contributed by atoms with Gasteiger partial charge in [-0.25, -0.2) is 8.42 Å². The highest BCUT2D eigenvalue weighted by Crippen LogP contribution is 2.24. The molecule has 0 bridgehead atoms. The van der Waals surface area contributed by atoms with Crippen molar-refractivity contribution in [1.29, 1.82) is 0 Å². The minimum Gasteiger partial charge on any atom is -0.272 e. The molecule has 0 radical (unpaired) electrons. The molecule has 0 unspecified atom stereocenters. The third kappa shape index (κ3) is 2.56. The first-order valence-electron chi connectivity index (χ1n) is 7.03. The van der Waals surface area contributed by atoms with Crippen LogP contribution in [0.2, 0.25) is 0 Å². The number of nitrogens with zero attached hydrogens (tertiary/aromatic N) is 5. The number of hydrogen-bond donors (Lipinski definition) is 0. The van der Waals surface area contributed by atoms with E-state index >= 15 is 0 Å². The Morgan fingerprint density at radius 3 is 1.86 bits per heavy atom. The van der Waals surface area contributed by atoms with E-state index in [0.29, 0.717) is 17.9 Å². The molecule has 2 heterocycles. The van der Waals surface area contributed by atoms with Crippen molar-refractivity contribution in [3.63, 3.8) is 0 Å². The second-order valence-electron chi connectivity index (χ2n) is 5.66. The van der Waals surface area contributed by atoms with Gasteiger partial charge in [0.25, 0.3) is 0 Å². The summed E-state index contributed by atoms with van der Waals surface area (Å²) in [5.41, 5.74) is 3.92. The maximum Gasteiger partial charge on any atom is 0.246 e. The average Bonchev–Trinajstić information content (AvgIpc) is 2.80. The van der Waals surface area contributed by atoms with Crippen LogP contribution in [0, 0.1) is 27.7 Å². The quantitative estimate of drug-likeness (QED) is 0.847. The molecule has 0 saturated heterocycles. The van der Waals surface area contributed by atoms with E-state index in [4.69, 9.17) is 0 Å². The predicted octanol–water partition coefficient (Wildman–Crippen LogP) is 1.21. The fourth-order valence-corrected chi connectivity index (χ4v) is 4.17. The SMILES string of the molecule is Cc1nn(C)c(C)c1CN(C)S(=O)(=O)c1c(C)nn(C)c1C. The van der Waals surface area contributed by atoms with Crippen LogP contribution in [0.4, 0.5) is 0 Å². The van der Waals surface area contributed by atoms with Crippen molar-refractivity contribution < 1.29 is 8.42 Å². The first-order chi connectivity index (χ1) is 10.1. The molecule has 0 N–H and O–H groups in total. The lowest BCUT2D eigenvalue weighted by atomic mass is 10.2. The van der Waals surface area contributed by atoms with Gasteiger partial charge in [0.15, 0.2) is 0 Å². The molecule has 8 heteroatoms. The molecule has 0 saturated carbocycles. The standard InChI is InChI=1S/C14H23N5O2S/c1-9-13(11(3)18(6)15-9)8-17(5)22(20,21)14-10(2)16-19(7)12(14)4/h8H2,1-7H3. The van der Waals surface area contributed by atoms with Gasteiger partial charge in [-0.05, 0) is 27.7 Å². The van der Waals surface area contributed by atoms with E-state index in [2.05, 4.69) is 10.2 Å². The van der Waals surface area contributed by atoms with E-state index in [1.54, 1.807) is 37.3 Å². The predicted molar refractivity (Wildman–Crippen MR) is 84.0 cm³/mol. The van der Waals surface area contributed by atoms with Crippen molar-refractivity contribution in [1.82, 2.24) is 23.9 Å². The summed E-state index contributed by atoms with van der Waals surface area (Å²) in [6.45, 7) is 7.61. The molecule has 0 atom stereocenters. The zero-order valence-corrected chi connectivity index (χ0v) is 15.0. The molecule has 0 amide bonds. The summed E-state index contributed by atoms with van der Waals surface area (Å²) >= 11 is 0. The Hall–Kier alpha value is -1.67. The number of sulfonamides is 1. The lowest BCUT2D eigenvalue weighted by Crippen LogP contribution is -2.28. The van der Waals surface area contributed by atoms with Gasteiger partial charge in [-0.3, -0.25) is 9.36 Å². The Balaban J connectivity index is 2.42. The largest absolute Gasteiger partial charge is 0.272 e. The lowest BCUT2D eigenvalue weighted by molar-refractivity contribution is 0.464. The summed E-state index contributed by atoms with van der Waals surface area (Å²) in [4.78, 5) is 0.289. The van der Waals surface area contributed by atoms with Crippen molar-refractivity contribution >= 4 is 10.0 Å². The van der Waals surface area contributed by atoms with Gasteiger partial charge in [0.05, 0.1) is 17.1 Å². The van der Waals surface area contributed by atoms with Crippen LogP contribution in [-0.2, 0) is 30.7 Å². The second kappa shape index (κ2) is 5.51. The number of hydrogen-bond acceptors (Lipinski definition) is 4. The Bertz CT molecular complexity index is 817. The van der Waals surface area contributed by atoms with Crippen molar-refractivity contribution in [3.05, 3.63) is 28.3 Å². The number of aryl methyl sites for hydroxylation is 4. The van der Waals surface area contributed by atoms with Crippen molar-refractivity contribution in [2.75, 3.05) is 7.05 Å². The molecular formula is C14H23N5O2S. The molecule has 0 spiro atoms. The smallest absolute Gasteiger partial charge is 0.246 e. The van der Waals surface area contributed by atoms with Gasteiger partial charge in [0, 0.05) is 38.9 Å². The fraction of sp³-hybridized carbons (Fsp3) is 0.571. The van der Waals surface area contributed by atoms with Crippen LogP contribution in [0.1, 0.15) is 28.3 Å². The summed E-state index contributed by atoms with van der Waals surface area (Å²) in [7, 11) is 1.61. The van der Waals surface area contributed by atoms with Gasteiger partial charge < -0.3 is 0 Å².